The predicted molar refractivity (Wildman–Crippen MR) is 82.3 cm³/mol. The van der Waals surface area contributed by atoms with Crippen molar-refractivity contribution in [1.82, 2.24) is 0 Å². The maximum Gasteiger partial charge on any atom is 0.261 e. The van der Waals surface area contributed by atoms with E-state index in [-0.39, 0.29) is 5.91 Å². The Kier molecular flexibility index (Phi) is 3.18. The highest BCUT2D eigenvalue weighted by Gasteiger charge is 2.24. The Balaban J connectivity index is 1.91. The minimum atomic E-state index is 0.0525. The summed E-state index contributed by atoms with van der Waals surface area (Å²) in [5.41, 5.74) is 3.85. The lowest BCUT2D eigenvalue weighted by Gasteiger charge is -2.29. The van der Waals surface area contributed by atoms with Crippen molar-refractivity contribution in [3.8, 4) is 0 Å². The van der Waals surface area contributed by atoms with Crippen molar-refractivity contribution >= 4 is 17.3 Å². The Morgan fingerprint density at radius 2 is 1.75 bits per heavy atom. The molecule has 0 saturated heterocycles. The molecule has 102 valence electrons. The molecule has 1 amide bonds. The molecule has 1 aliphatic heterocycles. The maximum atomic E-state index is 12.5. The highest BCUT2D eigenvalue weighted by atomic mass is 16.2. The van der Waals surface area contributed by atoms with Crippen LogP contribution in [0.3, 0.4) is 0 Å². The molecule has 0 aromatic heterocycles. The Labute approximate surface area is 119 Å². The lowest BCUT2D eigenvalue weighted by Crippen LogP contribution is -2.39. The monoisotopic (exact) mass is 266 g/mol. The van der Waals surface area contributed by atoms with Gasteiger partial charge < -0.3 is 5.32 Å². The fourth-order valence-electron chi connectivity index (χ4n) is 2.45. The van der Waals surface area contributed by atoms with Gasteiger partial charge in [-0.25, -0.2) is 0 Å². The predicted octanol–water partition coefficient (Wildman–Crippen LogP) is 3.84. The van der Waals surface area contributed by atoms with Gasteiger partial charge in [-0.15, -0.1) is 0 Å². The van der Waals surface area contributed by atoms with E-state index in [1.54, 1.807) is 4.90 Å². The van der Waals surface area contributed by atoms with Gasteiger partial charge in [0, 0.05) is 11.4 Å². The highest BCUT2D eigenvalue weighted by Crippen LogP contribution is 2.27. The molecule has 1 aliphatic rings. The lowest BCUT2D eigenvalue weighted by molar-refractivity contribution is 0.0986. The lowest BCUT2D eigenvalue weighted by atomic mass is 10.0. The van der Waals surface area contributed by atoms with E-state index in [9.17, 15) is 4.79 Å². The van der Waals surface area contributed by atoms with Gasteiger partial charge in [-0.1, -0.05) is 38.1 Å². The molecule has 0 unspecified atom stereocenters. The summed E-state index contributed by atoms with van der Waals surface area (Å²) in [6, 6.07) is 15.8. The number of hydrogen-bond acceptors (Lipinski definition) is 2. The number of carbonyl (C=O) groups is 1. The normalized spacial score (nSPS) is 14.2. The molecule has 2 aromatic carbocycles. The van der Waals surface area contributed by atoms with E-state index in [0.29, 0.717) is 12.6 Å². The van der Waals surface area contributed by atoms with E-state index in [1.807, 2.05) is 36.4 Å². The van der Waals surface area contributed by atoms with Gasteiger partial charge in [-0.05, 0) is 35.7 Å². The Morgan fingerprint density at radius 1 is 1.05 bits per heavy atom. The number of para-hydroxylation sites is 1. The van der Waals surface area contributed by atoms with Crippen LogP contribution in [-0.4, -0.2) is 12.6 Å². The molecular formula is C17H18N2O. The molecule has 0 saturated carbocycles. The van der Waals surface area contributed by atoms with Crippen molar-refractivity contribution in [3.63, 3.8) is 0 Å². The summed E-state index contributed by atoms with van der Waals surface area (Å²) < 4.78 is 0. The van der Waals surface area contributed by atoms with Crippen molar-refractivity contribution in [2.45, 2.75) is 19.8 Å². The minimum absolute atomic E-state index is 0.0525. The van der Waals surface area contributed by atoms with E-state index in [4.69, 9.17) is 0 Å². The first-order valence-corrected chi connectivity index (χ1v) is 6.91. The number of hydrogen-bond donors (Lipinski definition) is 1. The Hall–Kier alpha value is -2.29. The van der Waals surface area contributed by atoms with Crippen LogP contribution in [-0.2, 0) is 0 Å². The summed E-state index contributed by atoms with van der Waals surface area (Å²) in [6.07, 6.45) is 0. The number of fused-ring (bicyclic) bond motifs is 1. The summed E-state index contributed by atoms with van der Waals surface area (Å²) in [5, 5.41) is 3.28. The van der Waals surface area contributed by atoms with Crippen molar-refractivity contribution in [2.24, 2.45) is 0 Å². The molecule has 0 fully saturated rings. The summed E-state index contributed by atoms with van der Waals surface area (Å²) in [6.45, 7) is 4.84. The zero-order chi connectivity index (χ0) is 14.1. The molecule has 3 heteroatoms. The van der Waals surface area contributed by atoms with Gasteiger partial charge in [0.15, 0.2) is 0 Å². The molecule has 0 spiro atoms. The first-order chi connectivity index (χ1) is 9.66. The molecule has 1 N–H and O–H groups in total. The van der Waals surface area contributed by atoms with E-state index in [1.165, 1.54) is 5.56 Å². The van der Waals surface area contributed by atoms with Crippen molar-refractivity contribution in [2.75, 3.05) is 16.9 Å². The van der Waals surface area contributed by atoms with Crippen LogP contribution in [0.25, 0.3) is 0 Å². The van der Waals surface area contributed by atoms with E-state index in [0.717, 1.165) is 16.9 Å². The molecule has 20 heavy (non-hydrogen) atoms. The number of amides is 1. The van der Waals surface area contributed by atoms with E-state index >= 15 is 0 Å². The average Bonchev–Trinajstić information content (AvgIpc) is 2.48. The molecule has 1 heterocycles. The number of anilines is 2. The van der Waals surface area contributed by atoms with E-state index < -0.39 is 0 Å². The van der Waals surface area contributed by atoms with Crippen LogP contribution in [0.4, 0.5) is 11.4 Å². The Morgan fingerprint density at radius 3 is 2.45 bits per heavy atom. The number of nitrogens with one attached hydrogen (secondary N) is 1. The zero-order valence-electron chi connectivity index (χ0n) is 11.8. The molecule has 3 nitrogen and oxygen atoms in total. The van der Waals surface area contributed by atoms with Crippen molar-refractivity contribution < 1.29 is 4.79 Å². The third kappa shape index (κ3) is 2.16. The molecule has 0 radical (unpaired) electrons. The van der Waals surface area contributed by atoms with Crippen LogP contribution in [0, 0.1) is 0 Å². The van der Waals surface area contributed by atoms with Crippen LogP contribution in [0.15, 0.2) is 48.5 Å². The van der Waals surface area contributed by atoms with Crippen LogP contribution < -0.4 is 10.2 Å². The topological polar surface area (TPSA) is 32.3 Å². The minimum Gasteiger partial charge on any atom is -0.367 e. The fraction of sp³-hybridized carbons (Fsp3) is 0.235. The summed E-state index contributed by atoms with van der Waals surface area (Å²) in [4.78, 5) is 14.3. The number of benzene rings is 2. The largest absolute Gasteiger partial charge is 0.367 e. The van der Waals surface area contributed by atoms with Crippen molar-refractivity contribution in [3.05, 3.63) is 59.7 Å². The van der Waals surface area contributed by atoms with Gasteiger partial charge in [0.25, 0.3) is 5.91 Å². The number of carbonyl (C=O) groups excluding carboxylic acids is 1. The van der Waals surface area contributed by atoms with Gasteiger partial charge in [-0.2, -0.15) is 0 Å². The van der Waals surface area contributed by atoms with E-state index in [2.05, 4.69) is 31.3 Å². The second kappa shape index (κ2) is 5.00. The number of nitrogens with zero attached hydrogens (tertiary/aromatic N) is 1. The summed E-state index contributed by atoms with van der Waals surface area (Å²) in [5.74, 6) is 0.552. The van der Waals surface area contributed by atoms with Crippen LogP contribution in [0.2, 0.25) is 0 Å². The molecule has 2 aromatic rings. The SMILES string of the molecule is CC(C)c1ccc(N2CNc3ccccc3C2=O)cc1. The molecule has 0 bridgehead atoms. The average molecular weight is 266 g/mol. The van der Waals surface area contributed by atoms with Gasteiger partial charge in [0.1, 0.15) is 0 Å². The summed E-state index contributed by atoms with van der Waals surface area (Å²) in [7, 11) is 0. The van der Waals surface area contributed by atoms with Crippen molar-refractivity contribution in [1.29, 1.82) is 0 Å². The van der Waals surface area contributed by atoms with Crippen LogP contribution in [0.5, 0.6) is 0 Å². The first-order valence-electron chi connectivity index (χ1n) is 6.91. The summed E-state index contributed by atoms with van der Waals surface area (Å²) >= 11 is 0. The van der Waals surface area contributed by atoms with Gasteiger partial charge in [0.05, 0.1) is 12.2 Å². The van der Waals surface area contributed by atoms with Gasteiger partial charge >= 0.3 is 0 Å². The quantitative estimate of drug-likeness (QED) is 0.895. The first kappa shape index (κ1) is 12.7. The molecule has 0 atom stereocenters. The molecule has 0 aliphatic carbocycles. The second-order valence-electron chi connectivity index (χ2n) is 5.36. The molecular weight excluding hydrogens is 248 g/mol. The Bertz CT molecular complexity index is 632. The fourth-order valence-corrected chi connectivity index (χ4v) is 2.45. The maximum absolute atomic E-state index is 12.5. The smallest absolute Gasteiger partial charge is 0.261 e. The third-order valence-corrected chi connectivity index (χ3v) is 3.70. The van der Waals surface area contributed by atoms with Crippen LogP contribution >= 0.6 is 0 Å². The standard InChI is InChI=1S/C17H18N2O/c1-12(2)13-7-9-14(10-8-13)19-11-18-16-6-4-3-5-15(16)17(19)20/h3-10,12,18H,11H2,1-2H3. The second-order valence-corrected chi connectivity index (χ2v) is 5.36. The van der Waals surface area contributed by atoms with Crippen LogP contribution in [0.1, 0.15) is 35.7 Å². The van der Waals surface area contributed by atoms with Gasteiger partial charge in [-0.3, -0.25) is 9.69 Å². The molecule has 3 rings (SSSR count). The zero-order valence-corrected chi connectivity index (χ0v) is 11.8. The third-order valence-electron chi connectivity index (χ3n) is 3.70. The van der Waals surface area contributed by atoms with Gasteiger partial charge in [0.2, 0.25) is 0 Å². The highest BCUT2D eigenvalue weighted by molar-refractivity contribution is 6.11. The number of rotatable bonds is 2.